The summed E-state index contributed by atoms with van der Waals surface area (Å²) in [6, 6.07) is 6.24. The van der Waals surface area contributed by atoms with Crippen molar-refractivity contribution in [2.75, 3.05) is 33.3 Å². The molecule has 3 nitrogen and oxygen atoms in total. The summed E-state index contributed by atoms with van der Waals surface area (Å²) in [5.41, 5.74) is 1.91. The zero-order chi connectivity index (χ0) is 14.0. The van der Waals surface area contributed by atoms with Crippen LogP contribution in [0, 0.1) is 5.41 Å². The van der Waals surface area contributed by atoms with E-state index in [4.69, 9.17) is 4.74 Å². The number of hydrogen-bond acceptors (Lipinski definition) is 3. The van der Waals surface area contributed by atoms with Gasteiger partial charge in [0.1, 0.15) is 5.75 Å². The summed E-state index contributed by atoms with van der Waals surface area (Å²) in [7, 11) is 1.73. The smallest absolute Gasteiger partial charge is 0.119 e. The van der Waals surface area contributed by atoms with E-state index in [2.05, 4.69) is 38.3 Å². The molecular weight excluding hydrogens is 316 g/mol. The normalized spacial score (nSPS) is 22.3. The minimum absolute atomic E-state index is 0.580. The lowest BCUT2D eigenvalue weighted by atomic mass is 9.78. The molecule has 0 aromatic heterocycles. The first-order valence-electron chi connectivity index (χ1n) is 7.46. The molecule has 2 heterocycles. The van der Waals surface area contributed by atoms with E-state index in [0.29, 0.717) is 5.41 Å². The molecule has 0 aliphatic carbocycles. The average Bonchev–Trinajstić information content (AvgIpc) is 2.84. The van der Waals surface area contributed by atoms with Gasteiger partial charge in [0, 0.05) is 17.6 Å². The first-order valence-corrected chi connectivity index (χ1v) is 8.26. The third-order valence-corrected chi connectivity index (χ3v) is 5.60. The van der Waals surface area contributed by atoms with Gasteiger partial charge in [0.05, 0.1) is 7.11 Å². The van der Waals surface area contributed by atoms with Crippen molar-refractivity contribution < 1.29 is 4.74 Å². The second-order valence-electron chi connectivity index (χ2n) is 6.17. The molecule has 0 radical (unpaired) electrons. The minimum Gasteiger partial charge on any atom is -0.497 e. The van der Waals surface area contributed by atoms with E-state index in [0.717, 1.165) is 12.3 Å². The summed E-state index contributed by atoms with van der Waals surface area (Å²) >= 11 is 3.66. The first kappa shape index (κ1) is 14.4. The van der Waals surface area contributed by atoms with Crippen LogP contribution in [0.4, 0.5) is 0 Å². The number of benzene rings is 1. The molecule has 0 amide bonds. The molecule has 4 heteroatoms. The van der Waals surface area contributed by atoms with Gasteiger partial charge in [-0.15, -0.1) is 0 Å². The largest absolute Gasteiger partial charge is 0.497 e. The molecule has 3 rings (SSSR count). The van der Waals surface area contributed by atoms with Crippen LogP contribution in [0.3, 0.4) is 0 Å². The molecule has 110 valence electrons. The topological polar surface area (TPSA) is 24.5 Å². The third kappa shape index (κ3) is 3.02. The molecular formula is C16H23BrN2O. The molecule has 1 N–H and O–H groups in total. The first-order chi connectivity index (χ1) is 9.71. The summed E-state index contributed by atoms with van der Waals surface area (Å²) < 4.78 is 6.52. The number of ether oxygens (including phenoxy) is 1. The number of halogens is 1. The van der Waals surface area contributed by atoms with Crippen molar-refractivity contribution in [1.82, 2.24) is 10.2 Å². The Bertz CT molecular complexity index is 472. The molecule has 2 aliphatic heterocycles. The van der Waals surface area contributed by atoms with Crippen molar-refractivity contribution in [2.24, 2.45) is 5.41 Å². The minimum atomic E-state index is 0.580. The van der Waals surface area contributed by atoms with Gasteiger partial charge in [0.25, 0.3) is 0 Å². The van der Waals surface area contributed by atoms with Crippen LogP contribution >= 0.6 is 15.9 Å². The molecule has 1 aromatic rings. The summed E-state index contributed by atoms with van der Waals surface area (Å²) in [5.74, 6) is 0.943. The maximum absolute atomic E-state index is 5.34. The van der Waals surface area contributed by atoms with Crippen molar-refractivity contribution in [1.29, 1.82) is 0 Å². The SMILES string of the molecule is COc1ccc(Br)c(CN2CCC3(CCNCC3)C2)c1. The molecule has 1 spiro atoms. The molecule has 0 atom stereocenters. The second kappa shape index (κ2) is 6.04. The fourth-order valence-electron chi connectivity index (χ4n) is 3.57. The Morgan fingerprint density at radius 2 is 2.10 bits per heavy atom. The molecule has 2 aliphatic rings. The molecule has 1 aromatic carbocycles. The van der Waals surface area contributed by atoms with Gasteiger partial charge in [-0.25, -0.2) is 0 Å². The molecule has 0 unspecified atom stereocenters. The van der Waals surface area contributed by atoms with Crippen LogP contribution in [0.2, 0.25) is 0 Å². The lowest BCUT2D eigenvalue weighted by Gasteiger charge is -2.34. The highest BCUT2D eigenvalue weighted by molar-refractivity contribution is 9.10. The van der Waals surface area contributed by atoms with Gasteiger partial charge < -0.3 is 10.1 Å². The molecule has 20 heavy (non-hydrogen) atoms. The van der Waals surface area contributed by atoms with Gasteiger partial charge in [0.2, 0.25) is 0 Å². The van der Waals surface area contributed by atoms with E-state index in [1.807, 2.05) is 6.07 Å². The summed E-state index contributed by atoms with van der Waals surface area (Å²) in [6.07, 6.45) is 4.03. The van der Waals surface area contributed by atoms with Crippen LogP contribution in [0.1, 0.15) is 24.8 Å². The number of nitrogens with one attached hydrogen (secondary N) is 1. The van der Waals surface area contributed by atoms with Gasteiger partial charge in [-0.2, -0.15) is 0 Å². The monoisotopic (exact) mass is 338 g/mol. The number of rotatable bonds is 3. The maximum atomic E-state index is 5.34. The number of methoxy groups -OCH3 is 1. The highest BCUT2D eigenvalue weighted by Crippen LogP contribution is 2.39. The van der Waals surface area contributed by atoms with Gasteiger partial charge in [-0.3, -0.25) is 4.90 Å². The molecule has 0 bridgehead atoms. The van der Waals surface area contributed by atoms with Crippen LogP contribution in [0.25, 0.3) is 0 Å². The number of hydrogen-bond donors (Lipinski definition) is 1. The van der Waals surface area contributed by atoms with E-state index in [1.165, 1.54) is 55.5 Å². The average molecular weight is 339 g/mol. The summed E-state index contributed by atoms with van der Waals surface area (Å²) in [4.78, 5) is 2.60. The van der Waals surface area contributed by atoms with E-state index in [-0.39, 0.29) is 0 Å². The Morgan fingerprint density at radius 3 is 2.85 bits per heavy atom. The Hall–Kier alpha value is -0.580. The fourth-order valence-corrected chi connectivity index (χ4v) is 3.94. The van der Waals surface area contributed by atoms with Crippen molar-refractivity contribution in [3.8, 4) is 5.75 Å². The summed E-state index contributed by atoms with van der Waals surface area (Å²) in [5, 5.41) is 3.48. The van der Waals surface area contributed by atoms with Gasteiger partial charge in [-0.1, -0.05) is 15.9 Å². The fraction of sp³-hybridized carbons (Fsp3) is 0.625. The highest BCUT2D eigenvalue weighted by atomic mass is 79.9. The van der Waals surface area contributed by atoms with E-state index in [1.54, 1.807) is 7.11 Å². The van der Waals surface area contributed by atoms with E-state index in [9.17, 15) is 0 Å². The van der Waals surface area contributed by atoms with Gasteiger partial charge in [0.15, 0.2) is 0 Å². The zero-order valence-electron chi connectivity index (χ0n) is 12.1. The molecule has 0 saturated carbocycles. The lowest BCUT2D eigenvalue weighted by Crippen LogP contribution is -2.38. The van der Waals surface area contributed by atoms with Crippen molar-refractivity contribution in [3.63, 3.8) is 0 Å². The van der Waals surface area contributed by atoms with Crippen molar-refractivity contribution in [2.45, 2.75) is 25.8 Å². The predicted molar refractivity (Wildman–Crippen MR) is 85.1 cm³/mol. The maximum Gasteiger partial charge on any atom is 0.119 e. The zero-order valence-corrected chi connectivity index (χ0v) is 13.7. The van der Waals surface area contributed by atoms with Crippen LogP contribution in [-0.4, -0.2) is 38.2 Å². The Balaban J connectivity index is 1.67. The predicted octanol–water partition coefficient (Wildman–Crippen LogP) is 3.03. The Labute approximate surface area is 129 Å². The second-order valence-corrected chi connectivity index (χ2v) is 7.02. The van der Waals surface area contributed by atoms with E-state index >= 15 is 0 Å². The Morgan fingerprint density at radius 1 is 1.30 bits per heavy atom. The number of nitrogens with zero attached hydrogens (tertiary/aromatic N) is 1. The van der Waals surface area contributed by atoms with Crippen LogP contribution in [0.15, 0.2) is 22.7 Å². The van der Waals surface area contributed by atoms with Crippen molar-refractivity contribution in [3.05, 3.63) is 28.2 Å². The quantitative estimate of drug-likeness (QED) is 0.916. The standard InChI is InChI=1S/C16H23BrN2O/c1-20-14-2-3-15(17)13(10-14)11-19-9-6-16(12-19)4-7-18-8-5-16/h2-3,10,18H,4-9,11-12H2,1H3. The highest BCUT2D eigenvalue weighted by Gasteiger charge is 2.38. The summed E-state index contributed by atoms with van der Waals surface area (Å²) in [6.45, 7) is 5.88. The van der Waals surface area contributed by atoms with Gasteiger partial charge in [-0.05, 0) is 68.1 Å². The lowest BCUT2D eigenvalue weighted by molar-refractivity contribution is 0.194. The van der Waals surface area contributed by atoms with E-state index < -0.39 is 0 Å². The number of likely N-dealkylation sites (tertiary alicyclic amines) is 1. The molecule has 2 fully saturated rings. The van der Waals surface area contributed by atoms with Crippen LogP contribution in [0.5, 0.6) is 5.75 Å². The van der Waals surface area contributed by atoms with Crippen LogP contribution < -0.4 is 10.1 Å². The number of piperidine rings is 1. The van der Waals surface area contributed by atoms with Gasteiger partial charge >= 0.3 is 0 Å². The third-order valence-electron chi connectivity index (χ3n) is 4.83. The molecule has 2 saturated heterocycles. The Kier molecular flexibility index (Phi) is 4.34. The van der Waals surface area contributed by atoms with Crippen LogP contribution in [-0.2, 0) is 6.54 Å². The van der Waals surface area contributed by atoms with Crippen molar-refractivity contribution >= 4 is 15.9 Å².